The van der Waals surface area contributed by atoms with Crippen LogP contribution in [0.25, 0.3) is 0 Å². The van der Waals surface area contributed by atoms with Crippen LogP contribution in [0.15, 0.2) is 54.6 Å². The first-order valence-corrected chi connectivity index (χ1v) is 16.0. The molecule has 4 rings (SSSR count). The van der Waals surface area contributed by atoms with E-state index < -0.39 is 35.2 Å². The Morgan fingerprint density at radius 3 is 2.40 bits per heavy atom. The molecule has 2 aromatic rings. The monoisotopic (exact) mass is 575 g/mol. The summed E-state index contributed by atoms with van der Waals surface area (Å²) in [4.78, 5) is 42.3. The van der Waals surface area contributed by atoms with E-state index in [0.29, 0.717) is 19.4 Å². The molecule has 3 unspecified atom stereocenters. The quantitative estimate of drug-likeness (QED) is 0.286. The normalized spacial score (nSPS) is 25.2. The predicted octanol–water partition coefficient (Wildman–Crippen LogP) is 7.18. The zero-order valence-electron chi connectivity index (χ0n) is 25.8. The number of hydrogen-bond donors (Lipinski definition) is 0. The Hall–Kier alpha value is -2.99. The molecule has 0 spiro atoms. The van der Waals surface area contributed by atoms with Crippen molar-refractivity contribution in [2.75, 3.05) is 13.2 Å². The molecular weight excluding hydrogens is 526 g/mol. The second-order valence-corrected chi connectivity index (χ2v) is 12.8. The third-order valence-corrected chi connectivity index (χ3v) is 8.77. The van der Waals surface area contributed by atoms with Gasteiger partial charge in [0.05, 0.1) is 18.1 Å². The average Bonchev–Trinajstić information content (AvgIpc) is 3.01. The number of amides is 1. The fourth-order valence-electron chi connectivity index (χ4n) is 6.03. The Labute approximate surface area is 252 Å². The van der Waals surface area contributed by atoms with Crippen molar-refractivity contribution in [3.8, 4) is 0 Å². The van der Waals surface area contributed by atoms with Gasteiger partial charge in [0.1, 0.15) is 12.1 Å². The summed E-state index contributed by atoms with van der Waals surface area (Å²) in [5.41, 5.74) is 2.45. The molecule has 0 aromatic heterocycles. The standard InChI is InChI=1S/C36H49NO5/c1-27-15-8-5-4-6-9-18-29-19-14-20-30(25-29)32(23-22-28-16-10-7-11-17-28)42-35(40)31-21-12-13-24-37(31)34(39)33(38)36(2,3)26-41-27/h7,10-11,14,16-17,19-20,25,27,31-32H,4-6,8-9,12-13,15,18,21-24,26H2,1-3H3. The second kappa shape index (κ2) is 15.5. The molecule has 1 fully saturated rings. The van der Waals surface area contributed by atoms with Crippen molar-refractivity contribution >= 4 is 17.7 Å². The predicted molar refractivity (Wildman–Crippen MR) is 165 cm³/mol. The van der Waals surface area contributed by atoms with Gasteiger partial charge in [0.2, 0.25) is 5.78 Å². The van der Waals surface area contributed by atoms with Crippen molar-refractivity contribution in [3.05, 3.63) is 71.3 Å². The Morgan fingerprint density at radius 1 is 0.857 bits per heavy atom. The van der Waals surface area contributed by atoms with E-state index in [9.17, 15) is 14.4 Å². The number of ketones is 1. The van der Waals surface area contributed by atoms with Crippen molar-refractivity contribution in [2.45, 2.75) is 116 Å². The molecule has 0 N–H and O–H groups in total. The van der Waals surface area contributed by atoms with Crippen LogP contribution >= 0.6 is 0 Å². The molecule has 2 aliphatic rings. The molecule has 1 amide bonds. The van der Waals surface area contributed by atoms with Crippen LogP contribution in [0.3, 0.4) is 0 Å². The van der Waals surface area contributed by atoms with Crippen LogP contribution in [-0.4, -0.2) is 47.9 Å². The van der Waals surface area contributed by atoms with E-state index in [1.165, 1.54) is 28.9 Å². The smallest absolute Gasteiger partial charge is 0.329 e. The summed E-state index contributed by atoms with van der Waals surface area (Å²) < 4.78 is 12.3. The van der Waals surface area contributed by atoms with E-state index >= 15 is 0 Å². The van der Waals surface area contributed by atoms with E-state index in [1.807, 2.05) is 31.2 Å². The molecule has 2 bridgehead atoms. The minimum atomic E-state index is -0.978. The molecule has 2 heterocycles. The Kier molecular flexibility index (Phi) is 11.8. The van der Waals surface area contributed by atoms with E-state index in [1.54, 1.807) is 13.8 Å². The summed E-state index contributed by atoms with van der Waals surface area (Å²) in [5, 5.41) is 0. The lowest BCUT2D eigenvalue weighted by Crippen LogP contribution is -2.53. The minimum Gasteiger partial charge on any atom is -0.456 e. The zero-order valence-corrected chi connectivity index (χ0v) is 25.8. The fraction of sp³-hybridized carbons (Fsp3) is 0.583. The SMILES string of the molecule is CC1CCCCCCCc2cccc(c2)C(CCc2ccccc2)OC(=O)C2CCCCN2C(=O)C(=O)C(C)(C)CO1. The Balaban J connectivity index is 1.59. The number of carbonyl (C=O) groups excluding carboxylic acids is 3. The molecule has 6 heteroatoms. The highest BCUT2D eigenvalue weighted by Gasteiger charge is 2.42. The molecule has 3 atom stereocenters. The Bertz CT molecular complexity index is 1180. The van der Waals surface area contributed by atoms with E-state index in [-0.39, 0.29) is 12.7 Å². The molecule has 228 valence electrons. The highest BCUT2D eigenvalue weighted by molar-refractivity contribution is 6.38. The van der Waals surface area contributed by atoms with Crippen LogP contribution in [0.5, 0.6) is 0 Å². The molecule has 1 saturated heterocycles. The number of piperidine rings is 1. The summed E-state index contributed by atoms with van der Waals surface area (Å²) in [6, 6.07) is 17.9. The molecule has 0 aliphatic carbocycles. The molecule has 0 saturated carbocycles. The minimum absolute atomic E-state index is 0.0227. The van der Waals surface area contributed by atoms with E-state index in [4.69, 9.17) is 9.47 Å². The zero-order chi connectivity index (χ0) is 30.0. The number of aryl methyl sites for hydroxylation is 2. The van der Waals surface area contributed by atoms with E-state index in [0.717, 1.165) is 56.9 Å². The van der Waals surface area contributed by atoms with Gasteiger partial charge in [-0.25, -0.2) is 4.79 Å². The molecular formula is C36H49NO5. The van der Waals surface area contributed by atoms with Crippen LogP contribution in [0.2, 0.25) is 0 Å². The number of ether oxygens (including phenoxy) is 2. The maximum atomic E-state index is 13.8. The summed E-state index contributed by atoms with van der Waals surface area (Å²) in [7, 11) is 0. The first-order valence-electron chi connectivity index (χ1n) is 16.0. The van der Waals surface area contributed by atoms with Gasteiger partial charge in [0, 0.05) is 6.54 Å². The van der Waals surface area contributed by atoms with Gasteiger partial charge >= 0.3 is 5.97 Å². The van der Waals surface area contributed by atoms with Crippen LogP contribution in [0.1, 0.15) is 108 Å². The number of esters is 1. The topological polar surface area (TPSA) is 72.9 Å². The van der Waals surface area contributed by atoms with Crippen molar-refractivity contribution in [1.29, 1.82) is 0 Å². The lowest BCUT2D eigenvalue weighted by molar-refractivity contribution is -0.165. The van der Waals surface area contributed by atoms with Crippen LogP contribution in [-0.2, 0) is 36.7 Å². The third-order valence-electron chi connectivity index (χ3n) is 8.77. The number of carbonyl (C=O) groups is 3. The largest absolute Gasteiger partial charge is 0.456 e. The lowest BCUT2D eigenvalue weighted by atomic mass is 9.87. The first kappa shape index (κ1) is 31.9. The fourth-order valence-corrected chi connectivity index (χ4v) is 6.03. The summed E-state index contributed by atoms with van der Waals surface area (Å²) >= 11 is 0. The average molecular weight is 576 g/mol. The van der Waals surface area contributed by atoms with Gasteiger partial charge in [-0.3, -0.25) is 9.59 Å². The van der Waals surface area contributed by atoms with E-state index in [2.05, 4.69) is 30.3 Å². The van der Waals surface area contributed by atoms with Gasteiger partial charge in [-0.1, -0.05) is 94.1 Å². The van der Waals surface area contributed by atoms with Gasteiger partial charge in [-0.2, -0.15) is 0 Å². The Morgan fingerprint density at radius 2 is 1.60 bits per heavy atom. The highest BCUT2D eigenvalue weighted by Crippen LogP contribution is 2.29. The number of nitrogens with zero attached hydrogens (tertiary/aromatic N) is 1. The van der Waals surface area contributed by atoms with Gasteiger partial charge < -0.3 is 14.4 Å². The number of benzene rings is 2. The summed E-state index contributed by atoms with van der Waals surface area (Å²) in [5.74, 6) is -1.53. The number of rotatable bonds is 3. The summed E-state index contributed by atoms with van der Waals surface area (Å²) in [6.45, 7) is 6.12. The first-order chi connectivity index (χ1) is 20.2. The van der Waals surface area contributed by atoms with Crippen LogP contribution in [0, 0.1) is 5.41 Å². The molecule has 0 radical (unpaired) electrons. The number of Topliss-reactive ketones (excluding diaryl/α,β-unsaturated/α-hetero) is 1. The molecule has 6 nitrogen and oxygen atoms in total. The highest BCUT2D eigenvalue weighted by atomic mass is 16.5. The van der Waals surface area contributed by atoms with Gasteiger partial charge in [0.15, 0.2) is 0 Å². The number of hydrogen-bond acceptors (Lipinski definition) is 5. The van der Waals surface area contributed by atoms with Crippen molar-refractivity contribution in [1.82, 2.24) is 4.90 Å². The second-order valence-electron chi connectivity index (χ2n) is 12.8. The van der Waals surface area contributed by atoms with Gasteiger partial charge in [-0.15, -0.1) is 0 Å². The lowest BCUT2D eigenvalue weighted by Gasteiger charge is -2.36. The van der Waals surface area contributed by atoms with Crippen LogP contribution < -0.4 is 0 Å². The van der Waals surface area contributed by atoms with Gasteiger partial charge in [-0.05, 0) is 75.0 Å². The maximum Gasteiger partial charge on any atom is 0.329 e. The molecule has 2 aliphatic heterocycles. The summed E-state index contributed by atoms with van der Waals surface area (Å²) in [6.07, 6.45) is 10.7. The maximum absolute atomic E-state index is 13.8. The third kappa shape index (κ3) is 9.00. The van der Waals surface area contributed by atoms with Crippen molar-refractivity contribution in [3.63, 3.8) is 0 Å². The number of cyclic esters (lactones) is 1. The number of fused-ring (bicyclic) bond motifs is 3. The van der Waals surface area contributed by atoms with Gasteiger partial charge in [0.25, 0.3) is 5.91 Å². The van der Waals surface area contributed by atoms with Crippen LogP contribution in [0.4, 0.5) is 0 Å². The van der Waals surface area contributed by atoms with Crippen molar-refractivity contribution in [2.24, 2.45) is 5.41 Å². The molecule has 2 aromatic carbocycles. The molecule has 42 heavy (non-hydrogen) atoms. The van der Waals surface area contributed by atoms with Crippen molar-refractivity contribution < 1.29 is 23.9 Å².